The van der Waals surface area contributed by atoms with Crippen LogP contribution in [0.1, 0.15) is 27.6 Å². The average Bonchev–Trinajstić information content (AvgIpc) is 3.01. The first-order chi connectivity index (χ1) is 11.6. The van der Waals surface area contributed by atoms with Gasteiger partial charge in [0.2, 0.25) is 0 Å². The van der Waals surface area contributed by atoms with Gasteiger partial charge in [-0.05, 0) is 24.6 Å². The van der Waals surface area contributed by atoms with E-state index in [9.17, 15) is 9.18 Å². The molecule has 0 unspecified atom stereocenters. The standard InChI is InChI=1S/C18H14FN3OS/c1-11-2-4-13(5-3-11)17-20-18-22(21-17)16(23)10-15(24-18)12-6-8-14(19)9-7-12/h2-9,15H,10H2,1H3/t15-/m0/s1. The molecule has 2 heterocycles. The van der Waals surface area contributed by atoms with E-state index in [4.69, 9.17) is 0 Å². The molecule has 0 spiro atoms. The summed E-state index contributed by atoms with van der Waals surface area (Å²) < 4.78 is 14.5. The van der Waals surface area contributed by atoms with Crippen molar-refractivity contribution in [1.29, 1.82) is 0 Å². The van der Waals surface area contributed by atoms with Crippen molar-refractivity contribution in [1.82, 2.24) is 14.8 Å². The topological polar surface area (TPSA) is 47.8 Å². The molecule has 0 fully saturated rings. The quantitative estimate of drug-likeness (QED) is 0.699. The number of aromatic nitrogens is 3. The number of benzene rings is 2. The van der Waals surface area contributed by atoms with Gasteiger partial charge < -0.3 is 0 Å². The molecule has 3 aromatic rings. The first-order valence-electron chi connectivity index (χ1n) is 7.59. The highest BCUT2D eigenvalue weighted by Gasteiger charge is 2.30. The number of nitrogens with zero attached hydrogens (tertiary/aromatic N) is 3. The molecule has 4 nitrogen and oxygen atoms in total. The molecule has 2 aromatic carbocycles. The minimum Gasteiger partial charge on any atom is -0.272 e. The number of hydrogen-bond donors (Lipinski definition) is 0. The largest absolute Gasteiger partial charge is 0.272 e. The zero-order chi connectivity index (χ0) is 16.7. The van der Waals surface area contributed by atoms with Crippen LogP contribution in [0.15, 0.2) is 53.7 Å². The minimum absolute atomic E-state index is 0.0688. The minimum atomic E-state index is -0.282. The van der Waals surface area contributed by atoms with Gasteiger partial charge in [-0.25, -0.2) is 9.37 Å². The van der Waals surface area contributed by atoms with Crippen LogP contribution < -0.4 is 0 Å². The Balaban J connectivity index is 1.66. The monoisotopic (exact) mass is 339 g/mol. The van der Waals surface area contributed by atoms with Crippen molar-refractivity contribution < 1.29 is 9.18 Å². The SMILES string of the molecule is Cc1ccc(-c2nc3n(n2)C(=O)C[C@@H](c2ccc(F)cc2)S3)cc1. The molecule has 0 N–H and O–H groups in total. The fraction of sp³-hybridized carbons (Fsp3) is 0.167. The molecule has 4 rings (SSSR count). The Hall–Kier alpha value is -2.47. The van der Waals surface area contributed by atoms with Gasteiger partial charge in [0.1, 0.15) is 5.82 Å². The van der Waals surface area contributed by atoms with E-state index in [0.717, 1.165) is 16.7 Å². The first kappa shape index (κ1) is 15.1. The zero-order valence-corrected chi connectivity index (χ0v) is 13.8. The Morgan fingerprint density at radius 1 is 1.12 bits per heavy atom. The number of fused-ring (bicyclic) bond motifs is 1. The normalized spacial score (nSPS) is 16.9. The second-order valence-electron chi connectivity index (χ2n) is 5.75. The van der Waals surface area contributed by atoms with Crippen molar-refractivity contribution >= 4 is 17.7 Å². The number of halogens is 1. The van der Waals surface area contributed by atoms with E-state index in [1.54, 1.807) is 12.1 Å². The molecular formula is C18H14FN3OS. The molecular weight excluding hydrogens is 325 g/mol. The molecule has 1 atom stereocenters. The van der Waals surface area contributed by atoms with Crippen LogP contribution in [-0.2, 0) is 0 Å². The Kier molecular flexibility index (Phi) is 3.69. The van der Waals surface area contributed by atoms with Gasteiger partial charge >= 0.3 is 0 Å². The number of carbonyl (C=O) groups is 1. The van der Waals surface area contributed by atoms with Crippen LogP contribution in [0.3, 0.4) is 0 Å². The average molecular weight is 339 g/mol. The summed E-state index contributed by atoms with van der Waals surface area (Å²) in [6.45, 7) is 2.02. The van der Waals surface area contributed by atoms with E-state index in [1.807, 2.05) is 31.2 Å². The molecule has 24 heavy (non-hydrogen) atoms. The lowest BCUT2D eigenvalue weighted by atomic mass is 10.1. The lowest BCUT2D eigenvalue weighted by Gasteiger charge is -2.20. The van der Waals surface area contributed by atoms with Crippen LogP contribution in [0.5, 0.6) is 0 Å². The van der Waals surface area contributed by atoms with Gasteiger partial charge in [0.25, 0.3) is 5.91 Å². The molecule has 120 valence electrons. The highest BCUT2D eigenvalue weighted by molar-refractivity contribution is 7.99. The van der Waals surface area contributed by atoms with Crippen LogP contribution in [-0.4, -0.2) is 20.7 Å². The number of thioether (sulfide) groups is 1. The van der Waals surface area contributed by atoms with Crippen molar-refractivity contribution in [3.63, 3.8) is 0 Å². The number of carbonyl (C=O) groups excluding carboxylic acids is 1. The summed E-state index contributed by atoms with van der Waals surface area (Å²) in [4.78, 5) is 16.9. The first-order valence-corrected chi connectivity index (χ1v) is 8.47. The molecule has 6 heteroatoms. The smallest absolute Gasteiger partial charge is 0.250 e. The molecule has 0 amide bonds. The van der Waals surface area contributed by atoms with Crippen LogP contribution in [0.2, 0.25) is 0 Å². The summed E-state index contributed by atoms with van der Waals surface area (Å²) in [7, 11) is 0. The summed E-state index contributed by atoms with van der Waals surface area (Å²) in [6.07, 6.45) is 0.319. The van der Waals surface area contributed by atoms with Crippen LogP contribution in [0.25, 0.3) is 11.4 Å². The predicted molar refractivity (Wildman–Crippen MR) is 90.4 cm³/mol. The van der Waals surface area contributed by atoms with Crippen molar-refractivity contribution in [3.05, 3.63) is 65.5 Å². The van der Waals surface area contributed by atoms with Crippen molar-refractivity contribution in [3.8, 4) is 11.4 Å². The van der Waals surface area contributed by atoms with E-state index in [2.05, 4.69) is 10.1 Å². The molecule has 0 saturated heterocycles. The molecule has 1 aliphatic heterocycles. The van der Waals surface area contributed by atoms with Gasteiger partial charge in [-0.2, -0.15) is 4.68 Å². The Morgan fingerprint density at radius 2 is 1.83 bits per heavy atom. The summed E-state index contributed by atoms with van der Waals surface area (Å²) in [5.41, 5.74) is 2.96. The maximum absolute atomic E-state index is 13.1. The number of hydrogen-bond acceptors (Lipinski definition) is 4. The highest BCUT2D eigenvalue weighted by atomic mass is 32.2. The van der Waals surface area contributed by atoms with Gasteiger partial charge in [0.05, 0.1) is 0 Å². The van der Waals surface area contributed by atoms with E-state index in [-0.39, 0.29) is 17.0 Å². The van der Waals surface area contributed by atoms with Crippen molar-refractivity contribution in [2.45, 2.75) is 23.8 Å². The van der Waals surface area contributed by atoms with Crippen molar-refractivity contribution in [2.24, 2.45) is 0 Å². The van der Waals surface area contributed by atoms with E-state index < -0.39 is 0 Å². The summed E-state index contributed by atoms with van der Waals surface area (Å²) >= 11 is 1.48. The van der Waals surface area contributed by atoms with Crippen LogP contribution >= 0.6 is 11.8 Å². The maximum atomic E-state index is 13.1. The maximum Gasteiger partial charge on any atom is 0.250 e. The summed E-state index contributed by atoms with van der Waals surface area (Å²) in [6, 6.07) is 14.1. The fourth-order valence-corrected chi connectivity index (χ4v) is 3.79. The van der Waals surface area contributed by atoms with Gasteiger partial charge in [-0.3, -0.25) is 4.79 Å². The van der Waals surface area contributed by atoms with E-state index in [0.29, 0.717) is 17.4 Å². The third-order valence-electron chi connectivity index (χ3n) is 3.97. The highest BCUT2D eigenvalue weighted by Crippen LogP contribution is 2.41. The molecule has 0 saturated carbocycles. The Bertz CT molecular complexity index is 903. The predicted octanol–water partition coefficient (Wildman–Crippen LogP) is 4.27. The Labute approximate surface area is 142 Å². The Morgan fingerprint density at radius 3 is 2.54 bits per heavy atom. The second kappa shape index (κ2) is 5.87. The molecule has 0 radical (unpaired) electrons. The van der Waals surface area contributed by atoms with Crippen LogP contribution in [0, 0.1) is 12.7 Å². The van der Waals surface area contributed by atoms with E-state index >= 15 is 0 Å². The second-order valence-corrected chi connectivity index (χ2v) is 6.92. The lowest BCUT2D eigenvalue weighted by molar-refractivity contribution is 0.0868. The van der Waals surface area contributed by atoms with Crippen molar-refractivity contribution in [2.75, 3.05) is 0 Å². The molecule has 0 bridgehead atoms. The number of rotatable bonds is 2. The van der Waals surface area contributed by atoms with E-state index in [1.165, 1.54) is 28.6 Å². The zero-order valence-electron chi connectivity index (χ0n) is 12.9. The third-order valence-corrected chi connectivity index (χ3v) is 5.17. The van der Waals surface area contributed by atoms with Gasteiger partial charge in [-0.1, -0.05) is 53.7 Å². The third kappa shape index (κ3) is 2.73. The molecule has 0 aliphatic carbocycles. The van der Waals surface area contributed by atoms with Crippen LogP contribution in [0.4, 0.5) is 4.39 Å². The fourth-order valence-electron chi connectivity index (χ4n) is 2.64. The van der Waals surface area contributed by atoms with Gasteiger partial charge in [0.15, 0.2) is 11.0 Å². The van der Waals surface area contributed by atoms with Gasteiger partial charge in [-0.15, -0.1) is 5.10 Å². The summed E-state index contributed by atoms with van der Waals surface area (Å²) in [5.74, 6) is 0.172. The van der Waals surface area contributed by atoms with Gasteiger partial charge in [0, 0.05) is 17.2 Å². The molecule has 1 aromatic heterocycles. The summed E-state index contributed by atoms with van der Waals surface area (Å²) in [5, 5.41) is 4.86. The lowest BCUT2D eigenvalue weighted by Crippen LogP contribution is -2.20. The molecule has 1 aliphatic rings. The number of aryl methyl sites for hydroxylation is 1.